The number of aryl methyl sites for hydroxylation is 2. The molecule has 1 aromatic heterocycles. The van der Waals surface area contributed by atoms with E-state index in [0.29, 0.717) is 10.9 Å². The molecule has 0 radical (unpaired) electrons. The highest BCUT2D eigenvalue weighted by atomic mass is 32.2. The van der Waals surface area contributed by atoms with Crippen LogP contribution in [0.1, 0.15) is 41.3 Å². The van der Waals surface area contributed by atoms with Crippen molar-refractivity contribution in [3.63, 3.8) is 0 Å². The van der Waals surface area contributed by atoms with E-state index < -0.39 is 0 Å². The second-order valence-corrected chi connectivity index (χ2v) is 8.18. The van der Waals surface area contributed by atoms with Crippen molar-refractivity contribution in [2.45, 2.75) is 44.0 Å². The maximum absolute atomic E-state index is 12.4. The third-order valence-electron chi connectivity index (χ3n) is 3.87. The number of Topliss-reactive ketones (excluding diaryl/α,β-unsaturated/α-hetero) is 1. The van der Waals surface area contributed by atoms with E-state index in [4.69, 9.17) is 0 Å². The number of anilines is 1. The average Bonchev–Trinajstić information content (AvgIpc) is 3.25. The second kappa shape index (κ2) is 7.03. The van der Waals surface area contributed by atoms with Gasteiger partial charge in [-0.15, -0.1) is 10.2 Å². The van der Waals surface area contributed by atoms with Crippen LogP contribution in [0.4, 0.5) is 5.13 Å². The maximum Gasteiger partial charge on any atom is 0.225 e. The van der Waals surface area contributed by atoms with Crippen molar-refractivity contribution in [1.82, 2.24) is 10.2 Å². The van der Waals surface area contributed by atoms with Crippen molar-refractivity contribution < 1.29 is 9.59 Å². The van der Waals surface area contributed by atoms with Crippen LogP contribution < -0.4 is 4.90 Å². The molecule has 7 heteroatoms. The molecule has 1 fully saturated rings. The van der Waals surface area contributed by atoms with E-state index in [-0.39, 0.29) is 17.7 Å². The molecule has 1 heterocycles. The van der Waals surface area contributed by atoms with Crippen molar-refractivity contribution in [3.8, 4) is 0 Å². The first-order valence-corrected chi connectivity index (χ1v) is 9.62. The van der Waals surface area contributed by atoms with Gasteiger partial charge in [0.05, 0.1) is 5.75 Å². The van der Waals surface area contributed by atoms with Gasteiger partial charge in [0.15, 0.2) is 10.1 Å². The van der Waals surface area contributed by atoms with E-state index in [9.17, 15) is 9.59 Å². The lowest BCUT2D eigenvalue weighted by atomic mass is 10.0. The predicted molar refractivity (Wildman–Crippen MR) is 97.1 cm³/mol. The van der Waals surface area contributed by atoms with Gasteiger partial charge in [0.2, 0.25) is 11.0 Å². The smallest absolute Gasteiger partial charge is 0.225 e. The average molecular weight is 361 g/mol. The summed E-state index contributed by atoms with van der Waals surface area (Å²) in [5, 5.41) is 8.87. The number of aromatic nitrogens is 2. The van der Waals surface area contributed by atoms with Crippen LogP contribution in [0.3, 0.4) is 0 Å². The fraction of sp³-hybridized carbons (Fsp3) is 0.412. The van der Waals surface area contributed by atoms with E-state index in [1.54, 1.807) is 11.8 Å². The van der Waals surface area contributed by atoms with Crippen molar-refractivity contribution in [2.24, 2.45) is 0 Å². The molecular weight excluding hydrogens is 342 g/mol. The van der Waals surface area contributed by atoms with E-state index in [2.05, 4.69) is 10.2 Å². The SMILES string of the molecule is CC(=O)N(c1nnc(SCC(=O)c2cc(C)ccc2C)s1)C1CC1. The molecule has 1 amide bonds. The van der Waals surface area contributed by atoms with Crippen LogP contribution in [0.5, 0.6) is 0 Å². The van der Waals surface area contributed by atoms with E-state index in [1.807, 2.05) is 32.0 Å². The van der Waals surface area contributed by atoms with Crippen LogP contribution >= 0.6 is 23.1 Å². The summed E-state index contributed by atoms with van der Waals surface area (Å²) in [7, 11) is 0. The highest BCUT2D eigenvalue weighted by Gasteiger charge is 2.34. The fourth-order valence-electron chi connectivity index (χ4n) is 2.48. The lowest BCUT2D eigenvalue weighted by molar-refractivity contribution is -0.116. The van der Waals surface area contributed by atoms with Crippen LogP contribution in [0.15, 0.2) is 22.5 Å². The topological polar surface area (TPSA) is 63.2 Å². The van der Waals surface area contributed by atoms with Gasteiger partial charge in [0.25, 0.3) is 0 Å². The van der Waals surface area contributed by atoms with Crippen molar-refractivity contribution >= 4 is 39.9 Å². The molecule has 0 aliphatic heterocycles. The highest BCUT2D eigenvalue weighted by molar-refractivity contribution is 8.01. The standard InChI is InChI=1S/C17H19N3O2S2/c1-10-4-5-11(2)14(8-10)15(22)9-23-17-19-18-16(24-17)20(12(3)21)13-6-7-13/h4-5,8,13H,6-7,9H2,1-3H3. The van der Waals surface area contributed by atoms with Gasteiger partial charge in [-0.05, 0) is 38.3 Å². The van der Waals surface area contributed by atoms with Gasteiger partial charge >= 0.3 is 0 Å². The normalized spacial score (nSPS) is 13.8. The summed E-state index contributed by atoms with van der Waals surface area (Å²) in [6, 6.07) is 6.17. The second-order valence-electron chi connectivity index (χ2n) is 6.00. The third kappa shape index (κ3) is 3.84. The molecule has 1 aliphatic rings. The molecule has 24 heavy (non-hydrogen) atoms. The molecule has 3 rings (SSSR count). The van der Waals surface area contributed by atoms with Crippen LogP contribution in [0.2, 0.25) is 0 Å². The number of carbonyl (C=O) groups excluding carboxylic acids is 2. The minimum Gasteiger partial charge on any atom is -0.293 e. The van der Waals surface area contributed by atoms with Gasteiger partial charge in [-0.3, -0.25) is 14.5 Å². The van der Waals surface area contributed by atoms with Crippen molar-refractivity contribution in [3.05, 3.63) is 34.9 Å². The van der Waals surface area contributed by atoms with Crippen LogP contribution in [-0.2, 0) is 4.79 Å². The molecule has 0 spiro atoms. The Bertz CT molecular complexity index is 784. The molecular formula is C17H19N3O2S2. The summed E-state index contributed by atoms with van der Waals surface area (Å²) in [6.07, 6.45) is 2.04. The monoisotopic (exact) mass is 361 g/mol. The number of thioether (sulfide) groups is 1. The number of hydrogen-bond donors (Lipinski definition) is 0. The number of hydrogen-bond acceptors (Lipinski definition) is 6. The van der Waals surface area contributed by atoms with Crippen molar-refractivity contribution in [1.29, 1.82) is 0 Å². The number of nitrogens with zero attached hydrogens (tertiary/aromatic N) is 3. The van der Waals surface area contributed by atoms with Crippen molar-refractivity contribution in [2.75, 3.05) is 10.7 Å². The number of benzene rings is 1. The minimum atomic E-state index is -0.00309. The Hall–Kier alpha value is -1.73. The van der Waals surface area contributed by atoms with Gasteiger partial charge in [0, 0.05) is 18.5 Å². The van der Waals surface area contributed by atoms with Crippen LogP contribution in [0.25, 0.3) is 0 Å². The first-order valence-electron chi connectivity index (χ1n) is 7.82. The van der Waals surface area contributed by atoms with Gasteiger partial charge in [-0.1, -0.05) is 40.8 Å². The Morgan fingerprint density at radius 1 is 1.29 bits per heavy atom. The van der Waals surface area contributed by atoms with E-state index >= 15 is 0 Å². The molecule has 0 bridgehead atoms. The van der Waals surface area contributed by atoms with Crippen LogP contribution in [0, 0.1) is 13.8 Å². The summed E-state index contributed by atoms with van der Waals surface area (Å²) >= 11 is 2.75. The molecule has 1 saturated carbocycles. The van der Waals surface area contributed by atoms with E-state index in [1.165, 1.54) is 23.1 Å². The molecule has 1 aliphatic carbocycles. The lowest BCUT2D eigenvalue weighted by Gasteiger charge is -2.15. The number of carbonyl (C=O) groups is 2. The Morgan fingerprint density at radius 3 is 2.71 bits per heavy atom. The molecule has 1 aromatic carbocycles. The summed E-state index contributed by atoms with van der Waals surface area (Å²) < 4.78 is 0.718. The molecule has 126 valence electrons. The van der Waals surface area contributed by atoms with Gasteiger partial charge in [-0.2, -0.15) is 0 Å². The molecule has 0 saturated heterocycles. The first-order chi connectivity index (χ1) is 11.5. The lowest BCUT2D eigenvalue weighted by Crippen LogP contribution is -2.30. The molecule has 2 aromatic rings. The molecule has 0 atom stereocenters. The Balaban J connectivity index is 1.66. The molecule has 5 nitrogen and oxygen atoms in total. The summed E-state index contributed by atoms with van der Waals surface area (Å²) in [4.78, 5) is 25.9. The van der Waals surface area contributed by atoms with Gasteiger partial charge in [-0.25, -0.2) is 0 Å². The zero-order chi connectivity index (χ0) is 17.3. The summed E-state index contributed by atoms with van der Waals surface area (Å²) in [5.41, 5.74) is 2.82. The Kier molecular flexibility index (Phi) is 5.01. The van der Waals surface area contributed by atoms with Crippen LogP contribution in [-0.4, -0.2) is 33.7 Å². The first kappa shape index (κ1) is 17.1. The molecule has 0 N–H and O–H groups in total. The van der Waals surface area contributed by atoms with Gasteiger partial charge < -0.3 is 0 Å². The molecule has 0 unspecified atom stereocenters. The third-order valence-corrected chi connectivity index (χ3v) is 5.93. The zero-order valence-electron chi connectivity index (χ0n) is 13.9. The minimum absolute atomic E-state index is 0.00309. The largest absolute Gasteiger partial charge is 0.293 e. The number of rotatable bonds is 6. The fourth-order valence-corrected chi connectivity index (χ4v) is 4.32. The highest BCUT2D eigenvalue weighted by Crippen LogP contribution is 2.35. The Morgan fingerprint density at radius 2 is 2.04 bits per heavy atom. The quantitative estimate of drug-likeness (QED) is 0.446. The number of amides is 1. The van der Waals surface area contributed by atoms with Gasteiger partial charge in [0.1, 0.15) is 0 Å². The summed E-state index contributed by atoms with van der Waals surface area (Å²) in [6.45, 7) is 5.48. The Labute approximate surface area is 149 Å². The number of ketones is 1. The maximum atomic E-state index is 12.4. The van der Waals surface area contributed by atoms with E-state index in [0.717, 1.165) is 33.9 Å². The summed E-state index contributed by atoms with van der Waals surface area (Å²) in [5.74, 6) is 0.405. The zero-order valence-corrected chi connectivity index (χ0v) is 15.5. The predicted octanol–water partition coefficient (Wildman–Crippen LogP) is 3.65.